The molecule has 1 N–H and O–H groups in total. The molecule has 1 amide bonds. The molecule has 7 heteroatoms. The minimum atomic E-state index is -0.416. The van der Waals surface area contributed by atoms with Gasteiger partial charge in [-0.1, -0.05) is 34.8 Å². The van der Waals surface area contributed by atoms with Crippen molar-refractivity contribution in [1.82, 2.24) is 4.98 Å². The van der Waals surface area contributed by atoms with Crippen molar-refractivity contribution in [3.05, 3.63) is 81.4 Å². The maximum atomic E-state index is 12.6. The van der Waals surface area contributed by atoms with Gasteiger partial charge in [0, 0.05) is 16.2 Å². The molecule has 0 unspecified atom stereocenters. The predicted molar refractivity (Wildman–Crippen MR) is 100 cm³/mol. The maximum absolute atomic E-state index is 12.6. The fraction of sp³-hybridized carbons (Fsp3) is 0. The number of nitrogens with one attached hydrogen (secondary N) is 1. The smallest absolute Gasteiger partial charge is 0.261 e. The van der Waals surface area contributed by atoms with Gasteiger partial charge in [0.2, 0.25) is 5.88 Å². The number of nitrogens with zero attached hydrogens (tertiary/aromatic N) is 1. The number of carbonyl (C=O) groups is 1. The summed E-state index contributed by atoms with van der Waals surface area (Å²) in [4.78, 5) is 16.7. The number of hydrogen-bond acceptors (Lipinski definition) is 3. The Bertz CT molecular complexity index is 914. The molecule has 0 atom stereocenters. The van der Waals surface area contributed by atoms with Crippen molar-refractivity contribution in [2.45, 2.75) is 0 Å². The lowest BCUT2D eigenvalue weighted by Gasteiger charge is -2.11. The third kappa shape index (κ3) is 4.42. The highest BCUT2D eigenvalue weighted by Crippen LogP contribution is 2.28. The van der Waals surface area contributed by atoms with Crippen LogP contribution in [0.15, 0.2) is 60.8 Å². The molecule has 1 aromatic heterocycles. The van der Waals surface area contributed by atoms with Gasteiger partial charge in [0.15, 0.2) is 0 Å². The number of halogens is 3. The third-order valence-electron chi connectivity index (χ3n) is 3.22. The van der Waals surface area contributed by atoms with Gasteiger partial charge in [0.1, 0.15) is 11.3 Å². The first kappa shape index (κ1) is 17.5. The highest BCUT2D eigenvalue weighted by Gasteiger charge is 2.16. The first-order valence-electron chi connectivity index (χ1n) is 7.18. The molecule has 2 aromatic carbocycles. The van der Waals surface area contributed by atoms with Crippen molar-refractivity contribution in [3.8, 4) is 11.6 Å². The molecule has 0 fully saturated rings. The number of pyridine rings is 1. The molecular weight excluding hydrogens is 383 g/mol. The third-order valence-corrected chi connectivity index (χ3v) is 4.04. The molecule has 0 aliphatic carbocycles. The molecule has 0 saturated carbocycles. The van der Waals surface area contributed by atoms with Gasteiger partial charge in [0.05, 0.1) is 10.7 Å². The van der Waals surface area contributed by atoms with E-state index in [2.05, 4.69) is 10.3 Å². The van der Waals surface area contributed by atoms with E-state index in [-0.39, 0.29) is 11.4 Å². The van der Waals surface area contributed by atoms with Crippen molar-refractivity contribution in [1.29, 1.82) is 0 Å². The second-order valence-corrected chi connectivity index (χ2v) is 6.27. The fourth-order valence-corrected chi connectivity index (χ4v) is 2.51. The second-order valence-electron chi connectivity index (χ2n) is 4.99. The van der Waals surface area contributed by atoms with Crippen LogP contribution in [0.2, 0.25) is 15.1 Å². The van der Waals surface area contributed by atoms with Crippen LogP contribution in [0.5, 0.6) is 11.6 Å². The van der Waals surface area contributed by atoms with Crippen molar-refractivity contribution in [2.24, 2.45) is 0 Å². The highest BCUT2D eigenvalue weighted by molar-refractivity contribution is 6.36. The SMILES string of the molecule is O=C(Nc1cc(Cl)ccc1Cl)c1cccnc1Oc1ccc(Cl)cc1. The summed E-state index contributed by atoms with van der Waals surface area (Å²) in [7, 11) is 0. The molecule has 0 saturated heterocycles. The average Bonchev–Trinajstić information content (AvgIpc) is 2.60. The fourth-order valence-electron chi connectivity index (χ4n) is 2.04. The van der Waals surface area contributed by atoms with Crippen molar-refractivity contribution < 1.29 is 9.53 Å². The number of carbonyl (C=O) groups excluding carboxylic acids is 1. The highest BCUT2D eigenvalue weighted by atomic mass is 35.5. The summed E-state index contributed by atoms with van der Waals surface area (Å²) in [6.07, 6.45) is 1.54. The minimum absolute atomic E-state index is 0.167. The zero-order valence-electron chi connectivity index (χ0n) is 12.7. The Kier molecular flexibility index (Phi) is 5.43. The Balaban J connectivity index is 1.85. The van der Waals surface area contributed by atoms with E-state index in [1.165, 1.54) is 6.20 Å². The van der Waals surface area contributed by atoms with Crippen molar-refractivity contribution >= 4 is 46.4 Å². The number of aromatic nitrogens is 1. The van der Waals surface area contributed by atoms with Crippen LogP contribution < -0.4 is 10.1 Å². The van der Waals surface area contributed by atoms with Crippen molar-refractivity contribution in [2.75, 3.05) is 5.32 Å². The number of amides is 1. The zero-order valence-corrected chi connectivity index (χ0v) is 14.9. The van der Waals surface area contributed by atoms with Gasteiger partial charge in [0.25, 0.3) is 5.91 Å². The van der Waals surface area contributed by atoms with E-state index in [0.717, 1.165) is 0 Å². The lowest BCUT2D eigenvalue weighted by Crippen LogP contribution is -2.14. The molecular formula is C18H11Cl3N2O2. The van der Waals surface area contributed by atoms with Gasteiger partial charge in [-0.05, 0) is 54.6 Å². The molecule has 0 spiro atoms. The molecule has 0 bridgehead atoms. The standard InChI is InChI=1S/C18H11Cl3N2O2/c19-11-3-6-13(7-4-11)25-18-14(2-1-9-22-18)17(24)23-16-10-12(20)5-8-15(16)21/h1-10H,(H,23,24). The first-order valence-corrected chi connectivity index (χ1v) is 8.31. The van der Waals surface area contributed by atoms with E-state index >= 15 is 0 Å². The lowest BCUT2D eigenvalue weighted by molar-refractivity contribution is 0.102. The number of anilines is 1. The van der Waals surface area contributed by atoms with E-state index in [4.69, 9.17) is 39.5 Å². The van der Waals surface area contributed by atoms with Crippen LogP contribution in [0.1, 0.15) is 10.4 Å². The minimum Gasteiger partial charge on any atom is -0.438 e. The van der Waals surface area contributed by atoms with Gasteiger partial charge in [-0.15, -0.1) is 0 Å². The summed E-state index contributed by atoms with van der Waals surface area (Å²) in [5, 5.41) is 4.13. The van der Waals surface area contributed by atoms with Crippen LogP contribution >= 0.6 is 34.8 Å². The van der Waals surface area contributed by atoms with Crippen LogP contribution in [0.4, 0.5) is 5.69 Å². The Labute approximate surface area is 159 Å². The zero-order chi connectivity index (χ0) is 17.8. The summed E-state index contributed by atoms with van der Waals surface area (Å²) in [5.41, 5.74) is 0.661. The van der Waals surface area contributed by atoms with Crippen LogP contribution in [0, 0.1) is 0 Å². The molecule has 0 aliphatic rings. The van der Waals surface area contributed by atoms with E-state index in [1.54, 1.807) is 54.6 Å². The van der Waals surface area contributed by atoms with Gasteiger partial charge in [-0.25, -0.2) is 4.98 Å². The summed E-state index contributed by atoms with van der Waals surface area (Å²) in [6, 6.07) is 14.8. The molecule has 126 valence electrons. The molecule has 4 nitrogen and oxygen atoms in total. The van der Waals surface area contributed by atoms with E-state index in [1.807, 2.05) is 0 Å². The quantitative estimate of drug-likeness (QED) is 0.584. The molecule has 3 rings (SSSR count). The summed E-state index contributed by atoms with van der Waals surface area (Å²) in [5.74, 6) is 0.264. The van der Waals surface area contributed by atoms with Crippen LogP contribution in [-0.4, -0.2) is 10.9 Å². The lowest BCUT2D eigenvalue weighted by atomic mass is 10.2. The van der Waals surface area contributed by atoms with Crippen LogP contribution in [0.3, 0.4) is 0 Å². The monoisotopic (exact) mass is 392 g/mol. The summed E-state index contributed by atoms with van der Waals surface area (Å²) < 4.78 is 5.69. The summed E-state index contributed by atoms with van der Waals surface area (Å²) >= 11 is 17.9. The normalized spacial score (nSPS) is 10.4. The number of benzene rings is 2. The number of ether oxygens (including phenoxy) is 1. The molecule has 3 aromatic rings. The van der Waals surface area contributed by atoms with Gasteiger partial charge in [-0.3, -0.25) is 4.79 Å². The molecule has 0 radical (unpaired) electrons. The Morgan fingerprint density at radius 1 is 0.960 bits per heavy atom. The molecule has 25 heavy (non-hydrogen) atoms. The van der Waals surface area contributed by atoms with Crippen molar-refractivity contribution in [3.63, 3.8) is 0 Å². The number of rotatable bonds is 4. The largest absolute Gasteiger partial charge is 0.438 e. The second kappa shape index (κ2) is 7.74. The average molecular weight is 394 g/mol. The molecule has 1 heterocycles. The van der Waals surface area contributed by atoms with Crippen LogP contribution in [-0.2, 0) is 0 Å². The first-order chi connectivity index (χ1) is 12.0. The number of hydrogen-bond donors (Lipinski definition) is 1. The topological polar surface area (TPSA) is 51.2 Å². The van der Waals surface area contributed by atoms with E-state index < -0.39 is 5.91 Å². The van der Waals surface area contributed by atoms with Crippen LogP contribution in [0.25, 0.3) is 0 Å². The van der Waals surface area contributed by atoms with E-state index in [0.29, 0.717) is 26.5 Å². The molecule has 0 aliphatic heterocycles. The Morgan fingerprint density at radius 2 is 1.68 bits per heavy atom. The predicted octanol–water partition coefficient (Wildman–Crippen LogP) is 6.09. The Morgan fingerprint density at radius 3 is 2.44 bits per heavy atom. The summed E-state index contributed by atoms with van der Waals surface area (Å²) in [6.45, 7) is 0. The van der Waals surface area contributed by atoms with Gasteiger partial charge < -0.3 is 10.1 Å². The van der Waals surface area contributed by atoms with Gasteiger partial charge in [-0.2, -0.15) is 0 Å². The van der Waals surface area contributed by atoms with Gasteiger partial charge >= 0.3 is 0 Å². The van der Waals surface area contributed by atoms with E-state index in [9.17, 15) is 4.79 Å². The maximum Gasteiger partial charge on any atom is 0.261 e. The Hall–Kier alpha value is -2.27.